The van der Waals surface area contributed by atoms with Crippen molar-refractivity contribution in [3.05, 3.63) is 198 Å². The second-order valence-electron chi connectivity index (χ2n) is 20.1. The van der Waals surface area contributed by atoms with Crippen LogP contribution in [0.4, 0.5) is 69.0 Å². The van der Waals surface area contributed by atoms with Crippen molar-refractivity contribution in [3.63, 3.8) is 0 Å². The monoisotopic (exact) mass is 952 g/mol. The number of aromatic nitrogens is 3. The highest BCUT2D eigenvalue weighted by Gasteiger charge is 2.40. The van der Waals surface area contributed by atoms with Gasteiger partial charge in [-0.3, -0.25) is 0 Å². The number of nitrogens with one attached hydrogen (secondary N) is 6. The minimum Gasteiger partial charge on any atom is -0.347 e. The van der Waals surface area contributed by atoms with E-state index in [-0.39, 0.29) is 16.2 Å². The van der Waals surface area contributed by atoms with E-state index in [1.54, 1.807) is 0 Å². The number of likely N-dealkylation sites (N-methyl/N-ethyl adjacent to an activating group) is 3. The molecule has 6 aromatic carbocycles. The van der Waals surface area contributed by atoms with E-state index < -0.39 is 0 Å². The summed E-state index contributed by atoms with van der Waals surface area (Å²) in [5.41, 5.74) is 16.4. The van der Waals surface area contributed by atoms with Gasteiger partial charge < -0.3 is 30.7 Å². The zero-order valence-electron chi connectivity index (χ0n) is 42.5. The quantitative estimate of drug-likeness (QED) is 0.0671. The van der Waals surface area contributed by atoms with Crippen LogP contribution in [0.15, 0.2) is 181 Å². The number of anilines is 9. The van der Waals surface area contributed by atoms with Gasteiger partial charge in [-0.1, -0.05) is 96.1 Å². The molecule has 0 atom stereocenters. The van der Waals surface area contributed by atoms with Gasteiger partial charge in [-0.25, -0.2) is 15.0 Å². The van der Waals surface area contributed by atoms with E-state index in [0.717, 1.165) is 34.1 Å². The average Bonchev–Trinajstić information content (AvgIpc) is 3.79. The van der Waals surface area contributed by atoms with Crippen LogP contribution in [0.25, 0.3) is 0 Å². The van der Waals surface area contributed by atoms with Crippen LogP contribution in [0.3, 0.4) is 0 Å². The van der Waals surface area contributed by atoms with E-state index in [1.165, 1.54) is 50.8 Å². The third kappa shape index (κ3) is 9.14. The first-order valence-electron chi connectivity index (χ1n) is 24.5. The van der Waals surface area contributed by atoms with Gasteiger partial charge in [0.2, 0.25) is 34.9 Å². The predicted molar refractivity (Wildman–Crippen MR) is 297 cm³/mol. The Labute approximate surface area is 423 Å². The molecule has 6 N–H and O–H groups in total. The largest absolute Gasteiger partial charge is 0.347 e. The second kappa shape index (κ2) is 18.9. The van der Waals surface area contributed by atoms with Gasteiger partial charge in [-0.2, -0.15) is 15.0 Å². The maximum atomic E-state index is 4.81. The van der Waals surface area contributed by atoms with Crippen molar-refractivity contribution in [1.29, 1.82) is 0 Å². The summed E-state index contributed by atoms with van der Waals surface area (Å²) in [5, 5.41) is 10.2. The van der Waals surface area contributed by atoms with Crippen molar-refractivity contribution < 1.29 is 15.0 Å². The molecule has 7 aromatic rings. The Morgan fingerprint density at radius 3 is 0.861 bits per heavy atom. The fourth-order valence-electron chi connectivity index (χ4n) is 10.4. The van der Waals surface area contributed by atoms with Gasteiger partial charge in [0, 0.05) is 143 Å². The van der Waals surface area contributed by atoms with Gasteiger partial charge in [-0.15, -0.1) is 0 Å². The highest BCUT2D eigenvalue weighted by molar-refractivity contribution is 5.80. The Kier molecular flexibility index (Phi) is 12.4. The number of hydrogen-bond donors (Lipinski definition) is 6. The normalized spacial score (nSPS) is 18.0. The molecule has 1 aromatic heterocycles. The van der Waals surface area contributed by atoms with Crippen LogP contribution in [-0.2, 0) is 16.2 Å². The van der Waals surface area contributed by atoms with Crippen LogP contribution in [-0.4, -0.2) is 54.7 Å². The molecule has 0 fully saturated rings. The fourth-order valence-corrected chi connectivity index (χ4v) is 10.4. The molecule has 10 rings (SSSR count). The average molecular weight is 952 g/mol. The fraction of sp³-hybridized carbons (Fsp3) is 0.200. The molecule has 360 valence electrons. The van der Waals surface area contributed by atoms with E-state index in [4.69, 9.17) is 15.0 Å². The third-order valence-electron chi connectivity index (χ3n) is 14.4. The molecule has 0 spiro atoms. The second-order valence-corrected chi connectivity index (χ2v) is 20.1. The summed E-state index contributed by atoms with van der Waals surface area (Å²) in [4.78, 5) is 31.6. The summed E-state index contributed by atoms with van der Waals surface area (Å²) in [5.74, 6) is 1.14. The van der Waals surface area contributed by atoms with Crippen molar-refractivity contribution in [2.24, 2.45) is 0 Å². The van der Waals surface area contributed by atoms with Crippen LogP contribution in [0.2, 0.25) is 0 Å². The highest BCUT2D eigenvalue weighted by atomic mass is 15.3. The van der Waals surface area contributed by atoms with Crippen LogP contribution in [0.1, 0.15) is 58.2 Å². The lowest BCUT2D eigenvalue weighted by atomic mass is 9.84. The summed E-state index contributed by atoms with van der Waals surface area (Å²) < 4.78 is 0. The summed E-state index contributed by atoms with van der Waals surface area (Å²) in [6.07, 6.45) is 12.5. The Morgan fingerprint density at radius 2 is 0.611 bits per heavy atom. The summed E-state index contributed by atoms with van der Waals surface area (Å²) in [6.45, 7) is 13.6. The smallest absolute Gasteiger partial charge is 0.233 e. The molecule has 0 aliphatic carbocycles. The molecule has 0 amide bonds. The molecule has 12 heteroatoms. The number of rotatable bonds is 12. The van der Waals surface area contributed by atoms with Gasteiger partial charge in [0.25, 0.3) is 0 Å². The standard InChI is InChI=1S/C60H60N12/c1-58(2)46-16-10-13-19-49(46)70(7)52(58)34-37-61-40-22-28-43(29-23-40)64-55-67-56(65-44-30-24-41(25-31-44)62-38-35-53-59(3,4)47-17-11-14-20-50(47)71(53)8)69-57(68-55)66-45-32-26-42(27-33-45)63-39-36-54-60(5,6)48-18-12-15-21-51(48)72(54)9/h10-39H,1-9H3,(H3,64,65,66,67,68,69)/p+3. The van der Waals surface area contributed by atoms with E-state index >= 15 is 0 Å². The Morgan fingerprint density at radius 1 is 0.361 bits per heavy atom. The molecule has 0 radical (unpaired) electrons. The summed E-state index contributed by atoms with van der Waals surface area (Å²) in [6, 6.07) is 49.9. The van der Waals surface area contributed by atoms with Crippen molar-refractivity contribution >= 4 is 87.7 Å². The van der Waals surface area contributed by atoms with Gasteiger partial charge in [0.15, 0.2) is 18.6 Å². The van der Waals surface area contributed by atoms with Crippen molar-refractivity contribution in [2.75, 3.05) is 51.8 Å². The SMILES string of the molecule is CN1C(=CC=[NH+]c2ccc(Nc3nc(Nc4ccc([NH+]=CC=C5N(C)c6ccccc6C5(C)C)cc4)nc(Nc4ccc([NH+]=CC=C5N(C)c6ccccc6C5(C)C)cc4)n3)cc2)C(C)(C)c2ccccc21. The molecule has 4 heterocycles. The van der Waals surface area contributed by atoms with Crippen molar-refractivity contribution in [1.82, 2.24) is 15.0 Å². The van der Waals surface area contributed by atoms with Crippen molar-refractivity contribution in [2.45, 2.75) is 57.8 Å². The predicted octanol–water partition coefficient (Wildman–Crippen LogP) is 8.39. The molecule has 0 saturated carbocycles. The summed E-state index contributed by atoms with van der Waals surface area (Å²) >= 11 is 0. The number of benzene rings is 6. The molecule has 0 bridgehead atoms. The third-order valence-corrected chi connectivity index (χ3v) is 14.4. The van der Waals surface area contributed by atoms with E-state index in [1.807, 2.05) is 91.4 Å². The van der Waals surface area contributed by atoms with Gasteiger partial charge in [0.1, 0.15) is 0 Å². The first kappa shape index (κ1) is 47.1. The first-order valence-corrected chi connectivity index (χ1v) is 24.5. The minimum atomic E-state index is -0.102. The van der Waals surface area contributed by atoms with Gasteiger partial charge >= 0.3 is 0 Å². The van der Waals surface area contributed by atoms with E-state index in [9.17, 15) is 0 Å². The van der Waals surface area contributed by atoms with E-state index in [0.29, 0.717) is 17.8 Å². The molecule has 0 saturated heterocycles. The topological polar surface area (TPSA) is 126 Å². The lowest BCUT2D eigenvalue weighted by molar-refractivity contribution is -0.347. The molecular weight excluding hydrogens is 889 g/mol. The Hall–Kier alpha value is -8.64. The maximum Gasteiger partial charge on any atom is 0.233 e. The zero-order chi connectivity index (χ0) is 50.2. The number of hydrogen-bond acceptors (Lipinski definition) is 9. The van der Waals surface area contributed by atoms with Gasteiger partial charge in [-0.05, 0) is 71.3 Å². The van der Waals surface area contributed by atoms with Crippen molar-refractivity contribution in [3.8, 4) is 0 Å². The van der Waals surface area contributed by atoms with E-state index in [2.05, 4.69) is 199 Å². The van der Waals surface area contributed by atoms with Crippen LogP contribution < -0.4 is 45.6 Å². The Balaban J connectivity index is 0.854. The Bertz CT molecular complexity index is 2970. The van der Waals surface area contributed by atoms with Crippen LogP contribution >= 0.6 is 0 Å². The molecular formula is C60H63N12+3. The molecule has 0 unspecified atom stereocenters. The molecule has 3 aliphatic heterocycles. The minimum absolute atomic E-state index is 0.102. The molecule has 12 nitrogen and oxygen atoms in total. The molecule has 72 heavy (non-hydrogen) atoms. The summed E-state index contributed by atoms with van der Waals surface area (Å²) in [7, 11) is 6.38. The maximum absolute atomic E-state index is 4.81. The lowest BCUT2D eigenvalue weighted by Gasteiger charge is -2.23. The zero-order valence-corrected chi connectivity index (χ0v) is 42.5. The number of fused-ring (bicyclic) bond motifs is 3. The van der Waals surface area contributed by atoms with Gasteiger partial charge in [0.05, 0.1) is 0 Å². The molecule has 3 aliphatic rings. The number of para-hydroxylation sites is 3. The van der Waals surface area contributed by atoms with Crippen LogP contribution in [0.5, 0.6) is 0 Å². The number of nitrogens with zero attached hydrogens (tertiary/aromatic N) is 6. The number of allylic oxidation sites excluding steroid dienone is 6. The highest BCUT2D eigenvalue weighted by Crippen LogP contribution is 2.48. The lowest BCUT2D eigenvalue weighted by Crippen LogP contribution is -2.61. The van der Waals surface area contributed by atoms with Crippen LogP contribution in [0, 0.1) is 0 Å². The first-order chi connectivity index (χ1) is 34.7.